The fourth-order valence-corrected chi connectivity index (χ4v) is 1.68. The Labute approximate surface area is 102 Å². The van der Waals surface area contributed by atoms with Crippen LogP contribution in [-0.4, -0.2) is 16.2 Å². The highest BCUT2D eigenvalue weighted by molar-refractivity contribution is 9.10. The van der Waals surface area contributed by atoms with Crippen molar-refractivity contribution in [2.45, 2.75) is 0 Å². The third-order valence-electron chi connectivity index (χ3n) is 1.99. The van der Waals surface area contributed by atoms with E-state index in [2.05, 4.69) is 25.6 Å². The fraction of sp³-hybridized carbons (Fsp3) is 0. The molecule has 0 saturated heterocycles. The summed E-state index contributed by atoms with van der Waals surface area (Å²) in [6.45, 7) is 0. The minimum absolute atomic E-state index is 0.0765. The van der Waals surface area contributed by atoms with Gasteiger partial charge in [0, 0.05) is 11.6 Å². The third kappa shape index (κ3) is 2.19. The van der Waals surface area contributed by atoms with Crippen molar-refractivity contribution in [3.05, 3.63) is 40.1 Å². The zero-order chi connectivity index (χ0) is 12.6. The second kappa shape index (κ2) is 4.25. The summed E-state index contributed by atoms with van der Waals surface area (Å²) < 4.78 is 31.1. The van der Waals surface area contributed by atoms with Crippen LogP contribution >= 0.6 is 15.9 Å². The van der Waals surface area contributed by atoms with Crippen LogP contribution in [0.2, 0.25) is 0 Å². The van der Waals surface area contributed by atoms with Crippen molar-refractivity contribution in [2.75, 3.05) is 0 Å². The number of carbonyl (C=O) groups is 1. The van der Waals surface area contributed by atoms with Gasteiger partial charge in [-0.25, -0.2) is 13.6 Å². The molecule has 0 saturated carbocycles. The predicted molar refractivity (Wildman–Crippen MR) is 56.5 cm³/mol. The number of aromatic carboxylic acids is 1. The molecule has 0 spiro atoms. The number of rotatable bonds is 2. The molecule has 0 radical (unpaired) electrons. The quantitative estimate of drug-likeness (QED) is 0.866. The standard InChI is InChI=1S/C10H4BrF2NO3/c11-6-2-4(12)1-5(9(6)13)7-3-8(10(15)16)17-14-7/h1-3H,(H,15,16). The molecule has 1 heterocycles. The maximum Gasteiger partial charge on any atom is 0.374 e. The first-order chi connectivity index (χ1) is 7.99. The van der Waals surface area contributed by atoms with Crippen LogP contribution in [-0.2, 0) is 0 Å². The normalized spacial score (nSPS) is 10.5. The largest absolute Gasteiger partial charge is 0.475 e. The van der Waals surface area contributed by atoms with Crippen molar-refractivity contribution >= 4 is 21.9 Å². The molecular formula is C10H4BrF2NO3. The highest BCUT2D eigenvalue weighted by atomic mass is 79.9. The maximum absolute atomic E-state index is 13.6. The molecule has 88 valence electrons. The van der Waals surface area contributed by atoms with E-state index in [1.807, 2.05) is 0 Å². The smallest absolute Gasteiger partial charge is 0.374 e. The van der Waals surface area contributed by atoms with E-state index < -0.39 is 23.4 Å². The molecule has 0 bridgehead atoms. The summed E-state index contributed by atoms with van der Waals surface area (Å²) in [6.07, 6.45) is 0. The van der Waals surface area contributed by atoms with Crippen molar-refractivity contribution in [3.63, 3.8) is 0 Å². The van der Waals surface area contributed by atoms with Crippen molar-refractivity contribution in [1.82, 2.24) is 5.16 Å². The van der Waals surface area contributed by atoms with Crippen LogP contribution in [0, 0.1) is 11.6 Å². The highest BCUT2D eigenvalue weighted by Crippen LogP contribution is 2.28. The van der Waals surface area contributed by atoms with E-state index in [-0.39, 0.29) is 15.7 Å². The van der Waals surface area contributed by atoms with Gasteiger partial charge in [0.05, 0.1) is 4.47 Å². The molecular weight excluding hydrogens is 300 g/mol. The molecule has 0 aliphatic rings. The molecule has 17 heavy (non-hydrogen) atoms. The van der Waals surface area contributed by atoms with Crippen LogP contribution in [0.25, 0.3) is 11.3 Å². The molecule has 2 aromatic rings. The number of halogens is 3. The van der Waals surface area contributed by atoms with Gasteiger partial charge in [-0.3, -0.25) is 0 Å². The van der Waals surface area contributed by atoms with Gasteiger partial charge in [-0.05, 0) is 28.1 Å². The number of carboxylic acids is 1. The molecule has 1 N–H and O–H groups in total. The lowest BCUT2D eigenvalue weighted by molar-refractivity contribution is 0.0652. The molecule has 1 aromatic heterocycles. The molecule has 0 unspecified atom stereocenters. The van der Waals surface area contributed by atoms with E-state index in [9.17, 15) is 13.6 Å². The number of nitrogens with zero attached hydrogens (tertiary/aromatic N) is 1. The Morgan fingerprint density at radius 2 is 2.06 bits per heavy atom. The summed E-state index contributed by atoms with van der Waals surface area (Å²) in [7, 11) is 0. The summed E-state index contributed by atoms with van der Waals surface area (Å²) in [4.78, 5) is 10.6. The van der Waals surface area contributed by atoms with Gasteiger partial charge in [-0.15, -0.1) is 0 Å². The Balaban J connectivity index is 2.56. The highest BCUT2D eigenvalue weighted by Gasteiger charge is 2.17. The summed E-state index contributed by atoms with van der Waals surface area (Å²) in [6, 6.07) is 2.88. The Kier molecular flexibility index (Phi) is 2.93. The molecule has 2 rings (SSSR count). The van der Waals surface area contributed by atoms with Crippen molar-refractivity contribution in [2.24, 2.45) is 0 Å². The fourth-order valence-electron chi connectivity index (χ4n) is 1.25. The average Bonchev–Trinajstić information content (AvgIpc) is 2.72. The zero-order valence-corrected chi connectivity index (χ0v) is 9.66. The molecule has 0 fully saturated rings. The molecule has 0 atom stereocenters. The Morgan fingerprint density at radius 1 is 1.35 bits per heavy atom. The van der Waals surface area contributed by atoms with Gasteiger partial charge < -0.3 is 9.63 Å². The van der Waals surface area contributed by atoms with E-state index in [4.69, 9.17) is 5.11 Å². The minimum Gasteiger partial charge on any atom is -0.475 e. The topological polar surface area (TPSA) is 63.3 Å². The second-order valence-electron chi connectivity index (χ2n) is 3.13. The van der Waals surface area contributed by atoms with Gasteiger partial charge in [0.2, 0.25) is 5.76 Å². The first-order valence-electron chi connectivity index (χ1n) is 4.34. The summed E-state index contributed by atoms with van der Waals surface area (Å²) in [5.41, 5.74) is -0.256. The number of benzene rings is 1. The second-order valence-corrected chi connectivity index (χ2v) is 3.99. The first kappa shape index (κ1) is 11.7. The van der Waals surface area contributed by atoms with Gasteiger partial charge in [-0.2, -0.15) is 0 Å². The van der Waals surface area contributed by atoms with E-state index in [1.54, 1.807) is 0 Å². The van der Waals surface area contributed by atoms with Crippen molar-refractivity contribution in [3.8, 4) is 11.3 Å². The van der Waals surface area contributed by atoms with Crippen LogP contribution < -0.4 is 0 Å². The molecule has 4 nitrogen and oxygen atoms in total. The number of hydrogen-bond acceptors (Lipinski definition) is 3. The lowest BCUT2D eigenvalue weighted by atomic mass is 10.1. The monoisotopic (exact) mass is 303 g/mol. The lowest BCUT2D eigenvalue weighted by Crippen LogP contribution is -1.92. The first-order valence-corrected chi connectivity index (χ1v) is 5.13. The molecule has 1 aromatic carbocycles. The SMILES string of the molecule is O=C(O)c1cc(-c2cc(F)cc(Br)c2F)no1. The van der Waals surface area contributed by atoms with Crippen LogP contribution in [0.15, 0.2) is 27.2 Å². The maximum atomic E-state index is 13.6. The molecule has 0 amide bonds. The van der Waals surface area contributed by atoms with Crippen LogP contribution in [0.3, 0.4) is 0 Å². The van der Waals surface area contributed by atoms with E-state index in [0.29, 0.717) is 0 Å². The van der Waals surface area contributed by atoms with E-state index in [1.165, 1.54) is 0 Å². The van der Waals surface area contributed by atoms with E-state index >= 15 is 0 Å². The average molecular weight is 304 g/mol. The number of aromatic nitrogens is 1. The number of carboxylic acid groups (broad SMARTS) is 1. The third-order valence-corrected chi connectivity index (χ3v) is 2.57. The summed E-state index contributed by atoms with van der Waals surface area (Å²) in [5.74, 6) is -3.19. The predicted octanol–water partition coefficient (Wildman–Crippen LogP) is 3.08. The number of hydrogen-bond donors (Lipinski definition) is 1. The zero-order valence-electron chi connectivity index (χ0n) is 8.08. The molecule has 0 aliphatic carbocycles. The van der Waals surface area contributed by atoms with Gasteiger partial charge in [0.25, 0.3) is 0 Å². The van der Waals surface area contributed by atoms with Gasteiger partial charge in [0.15, 0.2) is 0 Å². The van der Waals surface area contributed by atoms with Gasteiger partial charge >= 0.3 is 5.97 Å². The minimum atomic E-state index is -1.33. The van der Waals surface area contributed by atoms with Crippen LogP contribution in [0.4, 0.5) is 8.78 Å². The van der Waals surface area contributed by atoms with Crippen molar-refractivity contribution < 1.29 is 23.2 Å². The van der Waals surface area contributed by atoms with Gasteiger partial charge in [0.1, 0.15) is 17.3 Å². The van der Waals surface area contributed by atoms with Crippen LogP contribution in [0.1, 0.15) is 10.6 Å². The Bertz CT molecular complexity index is 597. The Hall–Kier alpha value is -1.76. The molecule has 0 aliphatic heterocycles. The van der Waals surface area contributed by atoms with Crippen molar-refractivity contribution in [1.29, 1.82) is 0 Å². The molecule has 7 heteroatoms. The van der Waals surface area contributed by atoms with Gasteiger partial charge in [-0.1, -0.05) is 5.16 Å². The van der Waals surface area contributed by atoms with Crippen LogP contribution in [0.5, 0.6) is 0 Å². The Morgan fingerprint density at radius 3 is 2.65 bits per heavy atom. The summed E-state index contributed by atoms with van der Waals surface area (Å²) in [5, 5.41) is 12.0. The summed E-state index contributed by atoms with van der Waals surface area (Å²) >= 11 is 2.84. The lowest BCUT2D eigenvalue weighted by Gasteiger charge is -2.01. The van der Waals surface area contributed by atoms with E-state index in [0.717, 1.165) is 18.2 Å².